The van der Waals surface area contributed by atoms with Crippen LogP contribution in [0.2, 0.25) is 0 Å². The fourth-order valence-corrected chi connectivity index (χ4v) is 6.06. The molecule has 0 saturated heterocycles. The molecule has 2 aromatic rings. The molecule has 0 unspecified atom stereocenters. The van der Waals surface area contributed by atoms with Crippen molar-refractivity contribution in [3.63, 3.8) is 0 Å². The third-order valence-electron chi connectivity index (χ3n) is 5.30. The summed E-state index contributed by atoms with van der Waals surface area (Å²) < 4.78 is 11.7. The number of nitrogens with one attached hydrogen (secondary N) is 1. The molecule has 1 heterocycles. The van der Waals surface area contributed by atoms with E-state index in [0.717, 1.165) is 11.0 Å². The van der Waals surface area contributed by atoms with Crippen LogP contribution in [0.4, 0.5) is 11.4 Å². The molecule has 0 fully saturated rings. The number of imide groups is 1. The first-order valence-corrected chi connectivity index (χ1v) is 13.5. The molecule has 15 heteroatoms. The van der Waals surface area contributed by atoms with Crippen LogP contribution in [-0.2, 0) is 14.3 Å². The van der Waals surface area contributed by atoms with Gasteiger partial charge in [0.1, 0.15) is 17.5 Å². The highest BCUT2D eigenvalue weighted by molar-refractivity contribution is 9.15. The van der Waals surface area contributed by atoms with Crippen LogP contribution in [0.15, 0.2) is 36.1 Å². The summed E-state index contributed by atoms with van der Waals surface area (Å²) in [6.07, 6.45) is 0. The summed E-state index contributed by atoms with van der Waals surface area (Å²) in [5, 5.41) is 13.6. The number of nitro benzene ring substituents is 1. The fourth-order valence-electron chi connectivity index (χ4n) is 3.60. The zero-order chi connectivity index (χ0) is 27.8. The van der Waals surface area contributed by atoms with Crippen LogP contribution in [0.3, 0.4) is 0 Å². The fraction of sp³-hybridized carbons (Fsp3) is 0.273. The van der Waals surface area contributed by atoms with E-state index in [1.807, 2.05) is 0 Å². The number of nitro groups is 1. The second-order valence-electron chi connectivity index (χ2n) is 7.97. The van der Waals surface area contributed by atoms with Crippen molar-refractivity contribution in [3.8, 4) is 5.75 Å². The molecule has 37 heavy (non-hydrogen) atoms. The first-order chi connectivity index (χ1) is 17.3. The monoisotopic (exact) mass is 767 g/mol. The SMILES string of the molecule is COc1ccc(NC(=O)COC(=O)[C@@H](C(C)C)N2C(=O)c3c(Br)c(Br)c(Br)c(Br)c3C2=O)c([N+](=O)[O-])c1. The van der Waals surface area contributed by atoms with Gasteiger partial charge in [-0.1, -0.05) is 13.8 Å². The van der Waals surface area contributed by atoms with Crippen molar-refractivity contribution < 1.29 is 33.6 Å². The highest BCUT2D eigenvalue weighted by Crippen LogP contribution is 2.46. The number of rotatable bonds is 8. The Labute approximate surface area is 243 Å². The van der Waals surface area contributed by atoms with Crippen molar-refractivity contribution in [3.05, 3.63) is 57.3 Å². The number of methoxy groups -OCH3 is 1. The number of nitrogens with zero attached hydrogens (tertiary/aromatic N) is 2. The summed E-state index contributed by atoms with van der Waals surface area (Å²) >= 11 is 13.3. The van der Waals surface area contributed by atoms with Gasteiger partial charge in [0, 0.05) is 17.9 Å². The number of esters is 1. The van der Waals surface area contributed by atoms with Crippen LogP contribution in [0.25, 0.3) is 0 Å². The Balaban J connectivity index is 1.80. The smallest absolute Gasteiger partial charge is 0.330 e. The lowest BCUT2D eigenvalue weighted by Crippen LogP contribution is -2.49. The largest absolute Gasteiger partial charge is 0.496 e. The average molecular weight is 771 g/mol. The van der Waals surface area contributed by atoms with E-state index in [1.165, 1.54) is 19.2 Å². The van der Waals surface area contributed by atoms with Gasteiger partial charge in [-0.3, -0.25) is 29.4 Å². The summed E-state index contributed by atoms with van der Waals surface area (Å²) in [5.74, 6) is -3.62. The molecular formula is C22H17Br4N3O8. The first-order valence-electron chi connectivity index (χ1n) is 10.3. The third kappa shape index (κ3) is 5.59. The van der Waals surface area contributed by atoms with Crippen molar-refractivity contribution in [1.82, 2.24) is 4.90 Å². The molecule has 3 amide bonds. The van der Waals surface area contributed by atoms with E-state index in [0.29, 0.717) is 17.9 Å². The van der Waals surface area contributed by atoms with E-state index >= 15 is 0 Å². The number of ether oxygens (including phenoxy) is 2. The minimum absolute atomic E-state index is 0.0648. The van der Waals surface area contributed by atoms with E-state index in [2.05, 4.69) is 69.0 Å². The van der Waals surface area contributed by atoms with Gasteiger partial charge in [-0.15, -0.1) is 0 Å². The van der Waals surface area contributed by atoms with Gasteiger partial charge in [0.25, 0.3) is 23.4 Å². The van der Waals surface area contributed by atoms with Gasteiger partial charge in [0.15, 0.2) is 6.61 Å². The van der Waals surface area contributed by atoms with Crippen LogP contribution in [-0.4, -0.2) is 53.3 Å². The van der Waals surface area contributed by atoms with Crippen molar-refractivity contribution in [2.75, 3.05) is 19.0 Å². The van der Waals surface area contributed by atoms with Crippen LogP contribution >= 0.6 is 63.7 Å². The van der Waals surface area contributed by atoms with Crippen molar-refractivity contribution in [1.29, 1.82) is 0 Å². The van der Waals surface area contributed by atoms with Crippen LogP contribution < -0.4 is 10.1 Å². The molecule has 1 atom stereocenters. The first kappa shape index (κ1) is 29.2. The van der Waals surface area contributed by atoms with E-state index in [-0.39, 0.29) is 22.6 Å². The molecule has 0 radical (unpaired) electrons. The Morgan fingerprint density at radius 1 is 1.03 bits per heavy atom. The van der Waals surface area contributed by atoms with E-state index in [9.17, 15) is 29.3 Å². The van der Waals surface area contributed by atoms with Crippen molar-refractivity contribution in [2.24, 2.45) is 5.92 Å². The lowest BCUT2D eigenvalue weighted by Gasteiger charge is -2.27. The molecule has 196 valence electrons. The molecule has 2 aromatic carbocycles. The van der Waals surface area contributed by atoms with Gasteiger partial charge in [0.2, 0.25) is 0 Å². The number of anilines is 1. The maximum atomic E-state index is 13.3. The summed E-state index contributed by atoms with van der Waals surface area (Å²) in [6.45, 7) is 2.43. The lowest BCUT2D eigenvalue weighted by molar-refractivity contribution is -0.384. The van der Waals surface area contributed by atoms with Gasteiger partial charge < -0.3 is 14.8 Å². The molecule has 0 bridgehead atoms. The minimum atomic E-state index is -1.34. The van der Waals surface area contributed by atoms with Gasteiger partial charge in [-0.25, -0.2) is 4.79 Å². The standard InChI is InChI=1S/C22H17Br4N3O8/c1-8(2)19(28-20(31)13-14(21(28)32)16(24)18(26)17(25)15(13)23)22(33)37-7-12(30)27-10-5-4-9(36-3)6-11(10)29(34)35/h4-6,8,19H,7H2,1-3H3,(H,27,30)/t19-/m1/s1. The lowest BCUT2D eigenvalue weighted by atomic mass is 10.0. The highest BCUT2D eigenvalue weighted by atomic mass is 79.9. The van der Waals surface area contributed by atoms with Gasteiger partial charge in [0.05, 0.1) is 29.2 Å². The molecule has 1 N–H and O–H groups in total. The zero-order valence-corrected chi connectivity index (χ0v) is 25.6. The number of hydrogen-bond donors (Lipinski definition) is 1. The number of fused-ring (bicyclic) bond motifs is 1. The Morgan fingerprint density at radius 3 is 2.03 bits per heavy atom. The molecule has 3 rings (SSSR count). The number of amides is 3. The number of hydrogen-bond acceptors (Lipinski definition) is 8. The summed E-state index contributed by atoms with van der Waals surface area (Å²) in [5.41, 5.74) is -0.415. The predicted octanol–water partition coefficient (Wildman–Crippen LogP) is 5.46. The number of halogens is 4. The van der Waals surface area contributed by atoms with Gasteiger partial charge in [-0.05, 0) is 81.8 Å². The normalized spacial score (nSPS) is 13.5. The second-order valence-corrected chi connectivity index (χ2v) is 11.1. The van der Waals surface area contributed by atoms with Gasteiger partial charge in [-0.2, -0.15) is 0 Å². The van der Waals surface area contributed by atoms with Crippen molar-refractivity contribution >= 4 is 98.8 Å². The number of carbonyl (C=O) groups excluding carboxylic acids is 4. The Morgan fingerprint density at radius 2 is 1.57 bits per heavy atom. The van der Waals surface area contributed by atoms with E-state index in [4.69, 9.17) is 9.47 Å². The summed E-state index contributed by atoms with van der Waals surface area (Å²) in [7, 11) is 1.34. The van der Waals surface area contributed by atoms with Crippen LogP contribution in [0, 0.1) is 16.0 Å². The second kappa shape index (κ2) is 11.6. The summed E-state index contributed by atoms with van der Waals surface area (Å²) in [6, 6.07) is 2.48. The number of benzene rings is 2. The van der Waals surface area contributed by atoms with Crippen LogP contribution in [0.5, 0.6) is 5.75 Å². The topological polar surface area (TPSA) is 145 Å². The number of carbonyl (C=O) groups is 4. The minimum Gasteiger partial charge on any atom is -0.496 e. The van der Waals surface area contributed by atoms with E-state index in [1.54, 1.807) is 13.8 Å². The molecule has 1 aliphatic heterocycles. The molecule has 0 saturated carbocycles. The Bertz CT molecular complexity index is 1300. The predicted molar refractivity (Wildman–Crippen MR) is 146 cm³/mol. The Hall–Kier alpha value is -2.36. The van der Waals surface area contributed by atoms with Gasteiger partial charge >= 0.3 is 5.97 Å². The highest BCUT2D eigenvalue weighted by Gasteiger charge is 2.48. The Kier molecular flexibility index (Phi) is 9.14. The van der Waals surface area contributed by atoms with Crippen molar-refractivity contribution in [2.45, 2.75) is 19.9 Å². The van der Waals surface area contributed by atoms with E-state index < -0.39 is 52.9 Å². The summed E-state index contributed by atoms with van der Waals surface area (Å²) in [4.78, 5) is 63.4. The maximum absolute atomic E-state index is 13.3. The molecule has 0 aromatic heterocycles. The molecule has 11 nitrogen and oxygen atoms in total. The maximum Gasteiger partial charge on any atom is 0.330 e. The molecule has 0 aliphatic carbocycles. The third-order valence-corrected chi connectivity index (χ3v) is 10.1. The zero-order valence-electron chi connectivity index (χ0n) is 19.3. The quantitative estimate of drug-likeness (QED) is 0.0932. The molecule has 0 spiro atoms. The molecule has 1 aliphatic rings. The van der Waals surface area contributed by atoms with Crippen LogP contribution in [0.1, 0.15) is 34.6 Å². The average Bonchev–Trinajstić information content (AvgIpc) is 3.10. The molecular weight excluding hydrogens is 754 g/mol.